The average Bonchev–Trinajstić information content (AvgIpc) is 2.72. The van der Waals surface area contributed by atoms with Crippen molar-refractivity contribution in [3.05, 3.63) is 33.9 Å². The zero-order valence-electron chi connectivity index (χ0n) is 19.5. The molecule has 1 aliphatic heterocycles. The highest BCUT2D eigenvalue weighted by atomic mass is 16.7. The van der Waals surface area contributed by atoms with Gasteiger partial charge in [0.05, 0.1) is 4.92 Å². The van der Waals surface area contributed by atoms with Crippen LogP contribution >= 0.6 is 0 Å². The summed E-state index contributed by atoms with van der Waals surface area (Å²) >= 11 is 0. The minimum absolute atomic E-state index is 0.0146. The molecule has 3 unspecified atom stereocenters. The van der Waals surface area contributed by atoms with Crippen molar-refractivity contribution < 1.29 is 28.7 Å². The van der Waals surface area contributed by atoms with Gasteiger partial charge in [-0.2, -0.15) is 0 Å². The van der Waals surface area contributed by atoms with E-state index in [9.17, 15) is 19.7 Å². The van der Waals surface area contributed by atoms with Gasteiger partial charge in [-0.05, 0) is 44.5 Å². The number of alkyl carbamates (subject to hydrolysis) is 1. The number of hydrogen-bond acceptors (Lipinski definition) is 8. The van der Waals surface area contributed by atoms with E-state index in [1.165, 1.54) is 19.1 Å². The smallest absolute Gasteiger partial charge is 0.407 e. The van der Waals surface area contributed by atoms with Crippen LogP contribution in [0.2, 0.25) is 0 Å². The van der Waals surface area contributed by atoms with Gasteiger partial charge in [0, 0.05) is 25.1 Å². The van der Waals surface area contributed by atoms with Gasteiger partial charge in [0.2, 0.25) is 6.29 Å². The lowest BCUT2D eigenvalue weighted by molar-refractivity contribution is -0.386. The van der Waals surface area contributed by atoms with E-state index >= 15 is 0 Å². The Kier molecular flexibility index (Phi) is 8.97. The van der Waals surface area contributed by atoms with Crippen LogP contribution in [-0.2, 0) is 20.9 Å². The van der Waals surface area contributed by atoms with Crippen molar-refractivity contribution in [2.45, 2.75) is 46.7 Å². The fourth-order valence-corrected chi connectivity index (χ4v) is 3.60. The Morgan fingerprint density at radius 2 is 1.88 bits per heavy atom. The van der Waals surface area contributed by atoms with Crippen LogP contribution in [0.5, 0.6) is 5.75 Å². The lowest BCUT2D eigenvalue weighted by Gasteiger charge is -2.42. The van der Waals surface area contributed by atoms with E-state index in [1.54, 1.807) is 6.07 Å². The molecule has 0 saturated carbocycles. The van der Waals surface area contributed by atoms with E-state index in [0.717, 1.165) is 0 Å². The van der Waals surface area contributed by atoms with E-state index in [4.69, 9.17) is 14.2 Å². The molecule has 2 rings (SSSR count). The Balaban J connectivity index is 2.08. The van der Waals surface area contributed by atoms with Gasteiger partial charge in [-0.15, -0.1) is 0 Å². The predicted molar refractivity (Wildman–Crippen MR) is 117 cm³/mol. The van der Waals surface area contributed by atoms with Crippen molar-refractivity contribution in [3.63, 3.8) is 0 Å². The maximum atomic E-state index is 12.0. The third-order valence-corrected chi connectivity index (χ3v) is 5.91. The van der Waals surface area contributed by atoms with E-state index in [-0.39, 0.29) is 41.6 Å². The summed E-state index contributed by atoms with van der Waals surface area (Å²) in [5.74, 6) is 0.000917. The van der Waals surface area contributed by atoms with Gasteiger partial charge in [0.25, 0.3) is 0 Å². The molecule has 0 radical (unpaired) electrons. The molecule has 1 aliphatic rings. The normalized spacial score (nSPS) is 25.3. The Morgan fingerprint density at radius 1 is 1.19 bits per heavy atom. The first kappa shape index (κ1) is 25.5. The van der Waals surface area contributed by atoms with Crippen LogP contribution in [0.15, 0.2) is 18.2 Å². The third-order valence-electron chi connectivity index (χ3n) is 5.91. The number of hydrogen-bond donors (Lipinski definition) is 1. The summed E-state index contributed by atoms with van der Waals surface area (Å²) in [6.07, 6.45) is -2.01. The molecule has 1 fully saturated rings. The van der Waals surface area contributed by atoms with Crippen LogP contribution in [0.1, 0.15) is 33.3 Å². The lowest BCUT2D eigenvalue weighted by Crippen LogP contribution is -2.49. The van der Waals surface area contributed by atoms with Gasteiger partial charge in [-0.3, -0.25) is 14.9 Å². The van der Waals surface area contributed by atoms with E-state index in [2.05, 4.69) is 5.32 Å². The summed E-state index contributed by atoms with van der Waals surface area (Å²) in [6, 6.07) is 4.37. The summed E-state index contributed by atoms with van der Waals surface area (Å²) in [5.41, 5.74) is 0.189. The maximum absolute atomic E-state index is 12.0. The minimum atomic E-state index is -0.793. The number of nitro benzene ring substituents is 1. The molecule has 1 aromatic carbocycles. The van der Waals surface area contributed by atoms with Gasteiger partial charge >= 0.3 is 11.8 Å². The summed E-state index contributed by atoms with van der Waals surface area (Å²) in [7, 11) is 3.77. The third kappa shape index (κ3) is 6.64. The molecule has 1 aromatic rings. The van der Waals surface area contributed by atoms with Crippen LogP contribution in [0.25, 0.3) is 0 Å². The van der Waals surface area contributed by atoms with Crippen LogP contribution in [-0.4, -0.2) is 61.3 Å². The molecule has 32 heavy (non-hydrogen) atoms. The number of rotatable bonds is 9. The van der Waals surface area contributed by atoms with Gasteiger partial charge in [-0.25, -0.2) is 4.79 Å². The quantitative estimate of drug-likeness (QED) is 0.449. The van der Waals surface area contributed by atoms with Gasteiger partial charge in [0.15, 0.2) is 11.5 Å². The molecule has 10 heteroatoms. The monoisotopic (exact) mass is 451 g/mol. The molecule has 0 aliphatic carbocycles. The van der Waals surface area contributed by atoms with Crippen LogP contribution < -0.4 is 10.1 Å². The highest BCUT2D eigenvalue weighted by Gasteiger charge is 2.42. The van der Waals surface area contributed by atoms with Crippen molar-refractivity contribution in [1.29, 1.82) is 0 Å². The number of benzene rings is 1. The molecule has 1 amide bonds. The average molecular weight is 452 g/mol. The van der Waals surface area contributed by atoms with Crippen molar-refractivity contribution in [3.8, 4) is 5.75 Å². The number of Topliss-reactive ketones (excluding diaryl/α,β-unsaturated/α-hetero) is 1. The predicted octanol–water partition coefficient (Wildman–Crippen LogP) is 2.98. The van der Waals surface area contributed by atoms with Crippen molar-refractivity contribution in [2.75, 3.05) is 27.2 Å². The Morgan fingerprint density at radius 3 is 2.47 bits per heavy atom. The maximum Gasteiger partial charge on any atom is 0.407 e. The second-order valence-electron chi connectivity index (χ2n) is 8.60. The van der Waals surface area contributed by atoms with Gasteiger partial charge in [-0.1, -0.05) is 26.8 Å². The summed E-state index contributed by atoms with van der Waals surface area (Å²) in [4.78, 5) is 36.7. The summed E-state index contributed by atoms with van der Waals surface area (Å²) in [5, 5.41) is 14.2. The summed E-state index contributed by atoms with van der Waals surface area (Å²) in [6.45, 7) is 8.35. The van der Waals surface area contributed by atoms with Crippen molar-refractivity contribution >= 4 is 17.6 Å². The second kappa shape index (κ2) is 11.2. The number of nitro groups is 1. The zero-order valence-corrected chi connectivity index (χ0v) is 19.5. The second-order valence-corrected chi connectivity index (χ2v) is 8.60. The van der Waals surface area contributed by atoms with Crippen LogP contribution in [0, 0.1) is 27.9 Å². The lowest BCUT2D eigenvalue weighted by atomic mass is 9.78. The summed E-state index contributed by atoms with van der Waals surface area (Å²) < 4.78 is 16.9. The molecule has 1 N–H and O–H groups in total. The van der Waals surface area contributed by atoms with E-state index in [0.29, 0.717) is 18.7 Å². The first-order chi connectivity index (χ1) is 15.0. The molecule has 1 heterocycles. The topological polar surface area (TPSA) is 120 Å². The fourth-order valence-electron chi connectivity index (χ4n) is 3.60. The number of ketones is 1. The molecule has 1 saturated heterocycles. The van der Waals surface area contributed by atoms with E-state index in [1.807, 2.05) is 39.8 Å². The Hall–Kier alpha value is -2.72. The highest BCUT2D eigenvalue weighted by molar-refractivity contribution is 5.80. The number of amides is 1. The minimum Gasteiger partial charge on any atom is -0.457 e. The standard InChI is InChI=1S/C22H33N3O7/c1-13-14(2)20(16(4)26)32-21(15(13)3)31-19-8-7-17(11-18(19)25(28)29)12-30-22(27)23-9-10-24(5)6/h7-8,11,13-15,20-21H,9-10,12H2,1-6H3,(H,23,27)/t13-,14?,15-,20?,21?/m0/s1. The molecule has 178 valence electrons. The number of nitrogens with one attached hydrogen (secondary N) is 1. The fraction of sp³-hybridized carbons (Fsp3) is 0.636. The van der Waals surface area contributed by atoms with Crippen molar-refractivity contribution in [1.82, 2.24) is 10.2 Å². The molecular weight excluding hydrogens is 418 g/mol. The zero-order chi connectivity index (χ0) is 24.0. The Bertz CT molecular complexity index is 830. The number of carbonyl (C=O) groups is 2. The Labute approximate surface area is 188 Å². The molecular formula is C22H33N3O7. The first-order valence-corrected chi connectivity index (χ1v) is 10.7. The van der Waals surface area contributed by atoms with Crippen LogP contribution in [0.4, 0.5) is 10.5 Å². The van der Waals surface area contributed by atoms with Gasteiger partial charge < -0.3 is 24.4 Å². The van der Waals surface area contributed by atoms with E-state index < -0.39 is 23.4 Å². The molecule has 10 nitrogen and oxygen atoms in total. The number of likely N-dealkylation sites (N-methyl/N-ethyl adjacent to an activating group) is 1. The molecule has 0 spiro atoms. The number of nitrogens with zero attached hydrogens (tertiary/aromatic N) is 2. The van der Waals surface area contributed by atoms with Gasteiger partial charge in [0.1, 0.15) is 12.7 Å². The van der Waals surface area contributed by atoms with Crippen LogP contribution in [0.3, 0.4) is 0 Å². The number of ether oxygens (including phenoxy) is 3. The van der Waals surface area contributed by atoms with Crippen molar-refractivity contribution in [2.24, 2.45) is 17.8 Å². The number of carbonyl (C=O) groups excluding carboxylic acids is 2. The molecule has 0 aromatic heterocycles. The SMILES string of the molecule is CC(=O)C1OC(Oc2ccc(COC(=O)NCCN(C)C)cc2[N+](=O)[O-])[C@@H](C)[C@@H](C)C1C. The molecule has 0 bridgehead atoms. The first-order valence-electron chi connectivity index (χ1n) is 10.7. The largest absolute Gasteiger partial charge is 0.457 e. The highest BCUT2D eigenvalue weighted by Crippen LogP contribution is 2.38. The molecule has 5 atom stereocenters.